The van der Waals surface area contributed by atoms with Gasteiger partial charge in [0.2, 0.25) is 0 Å². The van der Waals surface area contributed by atoms with Gasteiger partial charge in [-0.2, -0.15) is 0 Å². The van der Waals surface area contributed by atoms with Crippen LogP contribution in [0.5, 0.6) is 0 Å². The Kier molecular flexibility index (Phi) is 4.21. The number of aromatic amines is 1. The van der Waals surface area contributed by atoms with Gasteiger partial charge in [-0.3, -0.25) is 9.97 Å². The average Bonchev–Trinajstić information content (AvgIpc) is 3.17. The van der Waals surface area contributed by atoms with Crippen LogP contribution in [0.15, 0.2) is 54.1 Å². The van der Waals surface area contributed by atoms with E-state index in [4.69, 9.17) is 11.6 Å². The smallest absolute Gasteiger partial charge is 0.123 e. The van der Waals surface area contributed by atoms with Gasteiger partial charge >= 0.3 is 0 Å². The molecule has 1 aliphatic rings. The van der Waals surface area contributed by atoms with Gasteiger partial charge in [-0.25, -0.2) is 0 Å². The molecule has 0 radical (unpaired) electrons. The first-order valence-corrected chi connectivity index (χ1v) is 9.15. The lowest BCUT2D eigenvalue weighted by atomic mass is 10.1. The van der Waals surface area contributed by atoms with Crippen LogP contribution in [-0.4, -0.2) is 26.4 Å². The van der Waals surface area contributed by atoms with Crippen molar-refractivity contribution in [3.63, 3.8) is 0 Å². The molecule has 4 nitrogen and oxygen atoms in total. The monoisotopic (exact) mass is 356 g/mol. The Morgan fingerprint density at radius 1 is 1.33 bits per heavy atom. The number of halogens is 1. The van der Waals surface area contributed by atoms with Gasteiger partial charge in [0.05, 0.1) is 11.9 Å². The van der Waals surface area contributed by atoms with Crippen molar-refractivity contribution >= 4 is 34.3 Å². The Morgan fingerprint density at radius 3 is 3.08 bits per heavy atom. The van der Waals surface area contributed by atoms with Crippen LogP contribution in [0, 0.1) is 0 Å². The first-order chi connectivity index (χ1) is 11.7. The number of nitrogens with one attached hydrogen (secondary N) is 1. The van der Waals surface area contributed by atoms with E-state index in [0.29, 0.717) is 0 Å². The molecule has 0 aliphatic carbocycles. The number of benzene rings is 1. The molecule has 1 N–H and O–H groups in total. The maximum atomic E-state index is 6.15. The van der Waals surface area contributed by atoms with Crippen LogP contribution in [-0.2, 0) is 6.42 Å². The molecule has 122 valence electrons. The van der Waals surface area contributed by atoms with E-state index < -0.39 is 0 Å². The summed E-state index contributed by atoms with van der Waals surface area (Å²) < 4.78 is 0. The minimum Gasteiger partial charge on any atom is -0.361 e. The summed E-state index contributed by atoms with van der Waals surface area (Å²) in [7, 11) is 0. The SMILES string of the molecule is CC1=CSC(c2cnccn2)N1CCc1c[nH]c2ccc(Cl)cc12. The van der Waals surface area contributed by atoms with Crippen LogP contribution in [0.25, 0.3) is 10.9 Å². The van der Waals surface area contributed by atoms with E-state index in [9.17, 15) is 0 Å². The largest absolute Gasteiger partial charge is 0.361 e. The average molecular weight is 357 g/mol. The summed E-state index contributed by atoms with van der Waals surface area (Å²) in [5.41, 5.74) is 4.68. The van der Waals surface area contributed by atoms with Gasteiger partial charge in [0.25, 0.3) is 0 Å². The highest BCUT2D eigenvalue weighted by Crippen LogP contribution is 2.41. The van der Waals surface area contributed by atoms with E-state index in [0.717, 1.165) is 29.2 Å². The highest BCUT2D eigenvalue weighted by atomic mass is 35.5. The van der Waals surface area contributed by atoms with Crippen molar-refractivity contribution in [2.24, 2.45) is 0 Å². The minimum atomic E-state index is 0.201. The molecular formula is C18H17ClN4S. The zero-order valence-electron chi connectivity index (χ0n) is 13.2. The standard InChI is InChI=1S/C18H17ClN4S/c1-12-11-24-18(17-10-20-5-6-21-17)23(12)7-4-13-9-22-16-3-2-14(19)8-15(13)16/h2-3,5-6,8-11,18,22H,4,7H2,1H3. The molecule has 4 rings (SSSR count). The fourth-order valence-electron chi connectivity index (χ4n) is 3.05. The molecule has 1 atom stereocenters. The molecule has 1 aromatic carbocycles. The van der Waals surface area contributed by atoms with Gasteiger partial charge in [0, 0.05) is 46.8 Å². The molecule has 0 fully saturated rings. The lowest BCUT2D eigenvalue weighted by molar-refractivity contribution is 0.337. The Morgan fingerprint density at radius 2 is 2.25 bits per heavy atom. The molecule has 0 spiro atoms. The van der Waals surface area contributed by atoms with Gasteiger partial charge < -0.3 is 9.88 Å². The Labute approximate surface area is 149 Å². The lowest BCUT2D eigenvalue weighted by Crippen LogP contribution is -2.25. The quantitative estimate of drug-likeness (QED) is 0.731. The third-order valence-corrected chi connectivity index (χ3v) is 5.76. The first kappa shape index (κ1) is 15.5. The minimum absolute atomic E-state index is 0.201. The molecule has 1 unspecified atom stereocenters. The zero-order chi connectivity index (χ0) is 16.5. The van der Waals surface area contributed by atoms with Crippen LogP contribution in [0.1, 0.15) is 23.6 Å². The second kappa shape index (κ2) is 6.49. The summed E-state index contributed by atoms with van der Waals surface area (Å²) in [5, 5.41) is 4.37. The Bertz CT molecular complexity index is 890. The molecule has 1 aliphatic heterocycles. The number of H-pyrrole nitrogens is 1. The number of hydrogen-bond donors (Lipinski definition) is 1. The first-order valence-electron chi connectivity index (χ1n) is 7.82. The van der Waals surface area contributed by atoms with Gasteiger partial charge in [-0.1, -0.05) is 11.6 Å². The molecule has 2 aromatic heterocycles. The van der Waals surface area contributed by atoms with Gasteiger partial charge in [0.15, 0.2) is 0 Å². The van der Waals surface area contributed by atoms with Crippen molar-refractivity contribution in [1.82, 2.24) is 19.9 Å². The predicted molar refractivity (Wildman–Crippen MR) is 99.8 cm³/mol. The van der Waals surface area contributed by atoms with Crippen molar-refractivity contribution in [3.8, 4) is 0 Å². The molecule has 6 heteroatoms. The van der Waals surface area contributed by atoms with Gasteiger partial charge in [0.1, 0.15) is 5.37 Å². The maximum Gasteiger partial charge on any atom is 0.123 e. The van der Waals surface area contributed by atoms with E-state index in [-0.39, 0.29) is 5.37 Å². The van der Waals surface area contributed by atoms with E-state index in [1.165, 1.54) is 16.6 Å². The number of aromatic nitrogens is 3. The molecule has 0 amide bonds. The van der Waals surface area contributed by atoms with Crippen molar-refractivity contribution in [2.75, 3.05) is 6.54 Å². The molecule has 0 saturated heterocycles. The fraction of sp³-hybridized carbons (Fsp3) is 0.222. The third kappa shape index (κ3) is 2.89. The molecule has 24 heavy (non-hydrogen) atoms. The topological polar surface area (TPSA) is 44.8 Å². The van der Waals surface area contributed by atoms with E-state index in [1.807, 2.05) is 24.4 Å². The van der Waals surface area contributed by atoms with E-state index in [1.54, 1.807) is 24.2 Å². The van der Waals surface area contributed by atoms with E-state index in [2.05, 4.69) is 38.4 Å². The third-order valence-electron chi connectivity index (χ3n) is 4.29. The summed E-state index contributed by atoms with van der Waals surface area (Å²) in [6.07, 6.45) is 8.35. The van der Waals surface area contributed by atoms with Crippen LogP contribution in [0.2, 0.25) is 5.02 Å². The van der Waals surface area contributed by atoms with Crippen molar-refractivity contribution in [3.05, 3.63) is 70.4 Å². The van der Waals surface area contributed by atoms with Crippen LogP contribution in [0.3, 0.4) is 0 Å². The molecular weight excluding hydrogens is 340 g/mol. The highest BCUT2D eigenvalue weighted by molar-refractivity contribution is 8.02. The second-order valence-electron chi connectivity index (χ2n) is 5.83. The van der Waals surface area contributed by atoms with Gasteiger partial charge in [-0.15, -0.1) is 11.8 Å². The second-order valence-corrected chi connectivity index (χ2v) is 7.22. The zero-order valence-corrected chi connectivity index (χ0v) is 14.8. The molecule has 0 bridgehead atoms. The molecule has 3 aromatic rings. The van der Waals surface area contributed by atoms with Crippen molar-refractivity contribution < 1.29 is 0 Å². The number of rotatable bonds is 4. The number of hydrogen-bond acceptors (Lipinski definition) is 4. The summed E-state index contributed by atoms with van der Waals surface area (Å²) in [6.45, 7) is 3.07. The fourth-order valence-corrected chi connectivity index (χ4v) is 4.36. The summed E-state index contributed by atoms with van der Waals surface area (Å²) in [5.74, 6) is 0. The summed E-state index contributed by atoms with van der Waals surface area (Å²) >= 11 is 7.94. The Balaban J connectivity index is 1.55. The number of nitrogens with zero attached hydrogens (tertiary/aromatic N) is 3. The molecule has 0 saturated carbocycles. The summed E-state index contributed by atoms with van der Waals surface area (Å²) in [6, 6.07) is 5.98. The van der Waals surface area contributed by atoms with Crippen molar-refractivity contribution in [2.45, 2.75) is 18.7 Å². The number of thioether (sulfide) groups is 1. The highest BCUT2D eigenvalue weighted by Gasteiger charge is 2.27. The normalized spacial score (nSPS) is 17.5. The molecule has 3 heterocycles. The van der Waals surface area contributed by atoms with Crippen LogP contribution >= 0.6 is 23.4 Å². The maximum absolute atomic E-state index is 6.15. The van der Waals surface area contributed by atoms with Gasteiger partial charge in [-0.05, 0) is 42.5 Å². The van der Waals surface area contributed by atoms with Crippen LogP contribution in [0.4, 0.5) is 0 Å². The van der Waals surface area contributed by atoms with Crippen molar-refractivity contribution in [1.29, 1.82) is 0 Å². The van der Waals surface area contributed by atoms with Crippen LogP contribution < -0.4 is 0 Å². The predicted octanol–water partition coefficient (Wildman–Crippen LogP) is 4.76. The Hall–Kier alpha value is -1.98. The van der Waals surface area contributed by atoms with E-state index >= 15 is 0 Å². The number of allylic oxidation sites excluding steroid dienone is 1. The summed E-state index contributed by atoms with van der Waals surface area (Å²) in [4.78, 5) is 14.4. The number of fused-ring (bicyclic) bond motifs is 1. The lowest BCUT2D eigenvalue weighted by Gasteiger charge is -2.27.